The molecule has 2 N–H and O–H groups in total. The van der Waals surface area contributed by atoms with Crippen LogP contribution < -0.4 is 9.64 Å². The number of ether oxygens (including phenoxy) is 2. The molecule has 2 aliphatic heterocycles. The van der Waals surface area contributed by atoms with E-state index in [2.05, 4.69) is 30.0 Å². The quantitative estimate of drug-likeness (QED) is 0.278. The molecule has 6 atom stereocenters. The van der Waals surface area contributed by atoms with Gasteiger partial charge in [0.15, 0.2) is 0 Å². The fourth-order valence-corrected chi connectivity index (χ4v) is 7.37. The van der Waals surface area contributed by atoms with E-state index in [9.17, 15) is 9.90 Å². The Labute approximate surface area is 273 Å². The van der Waals surface area contributed by atoms with Crippen molar-refractivity contribution < 1.29 is 29.3 Å². The lowest BCUT2D eigenvalue weighted by Crippen LogP contribution is -2.47. The number of aliphatic hydroxyl groups excluding tert-OH is 1. The number of carboxylic acid groups (broad SMARTS) is 1. The topological polar surface area (TPSA) is 99.5 Å². The zero-order chi connectivity index (χ0) is 32.5. The van der Waals surface area contributed by atoms with Gasteiger partial charge in [0.05, 0.1) is 24.5 Å². The first-order valence-corrected chi connectivity index (χ1v) is 16.9. The number of amides is 1. The number of aliphatic hydroxyl groups is 1. The second-order valence-corrected chi connectivity index (χ2v) is 13.5. The second-order valence-electron chi connectivity index (χ2n) is 13.0. The molecule has 1 aliphatic carbocycles. The van der Waals surface area contributed by atoms with Crippen LogP contribution in [0.5, 0.6) is 5.75 Å². The maximum Gasteiger partial charge on any atom is 0.290 e. The van der Waals surface area contributed by atoms with E-state index < -0.39 is 6.10 Å². The van der Waals surface area contributed by atoms with Gasteiger partial charge in [-0.2, -0.15) is 0 Å². The van der Waals surface area contributed by atoms with E-state index in [0.29, 0.717) is 30.5 Å². The number of nitrogens with zero attached hydrogens (tertiary/aromatic N) is 2. The molecule has 2 heterocycles. The predicted molar refractivity (Wildman–Crippen MR) is 178 cm³/mol. The highest BCUT2D eigenvalue weighted by Gasteiger charge is 2.41. The summed E-state index contributed by atoms with van der Waals surface area (Å²) in [6, 6.07) is 12.5. The second kappa shape index (κ2) is 16.7. The minimum absolute atomic E-state index is 0.136. The molecule has 0 spiro atoms. The Kier molecular flexibility index (Phi) is 13.0. The largest absolute Gasteiger partial charge is 0.491 e. The fourth-order valence-electron chi connectivity index (χ4n) is 7.18. The first-order valence-electron chi connectivity index (χ1n) is 16.5. The van der Waals surface area contributed by atoms with Crippen molar-refractivity contribution in [2.45, 2.75) is 83.8 Å². The number of benzene rings is 2. The van der Waals surface area contributed by atoms with Crippen LogP contribution in [0.4, 0.5) is 5.69 Å². The van der Waals surface area contributed by atoms with E-state index in [1.54, 1.807) is 6.92 Å². The lowest BCUT2D eigenvalue weighted by atomic mass is 9.67. The molecule has 9 heteroatoms. The van der Waals surface area contributed by atoms with Crippen molar-refractivity contribution in [3.8, 4) is 5.75 Å². The van der Waals surface area contributed by atoms with Crippen LogP contribution >= 0.6 is 11.6 Å². The Balaban J connectivity index is 0.00000148. The van der Waals surface area contributed by atoms with Crippen molar-refractivity contribution in [2.24, 2.45) is 17.8 Å². The lowest BCUT2D eigenvalue weighted by molar-refractivity contribution is -0.128. The Bertz CT molecular complexity index is 1270. The molecule has 45 heavy (non-hydrogen) atoms. The Hall–Kier alpha value is -2.81. The van der Waals surface area contributed by atoms with Gasteiger partial charge < -0.3 is 29.5 Å². The molecular weight excluding hydrogens is 592 g/mol. The van der Waals surface area contributed by atoms with Gasteiger partial charge in [-0.05, 0) is 104 Å². The summed E-state index contributed by atoms with van der Waals surface area (Å²) < 4.78 is 12.9. The molecule has 8 nitrogen and oxygen atoms in total. The van der Waals surface area contributed by atoms with Gasteiger partial charge in [0.1, 0.15) is 5.75 Å². The highest BCUT2D eigenvalue weighted by atomic mass is 35.5. The Morgan fingerprint density at radius 2 is 1.98 bits per heavy atom. The van der Waals surface area contributed by atoms with Crippen LogP contribution in [-0.4, -0.2) is 73.5 Å². The molecule has 1 amide bonds. The molecule has 1 saturated heterocycles. The number of hydrogen-bond acceptors (Lipinski definition) is 6. The number of anilines is 1. The van der Waals surface area contributed by atoms with E-state index in [1.165, 1.54) is 24.0 Å². The average molecular weight is 643 g/mol. The maximum absolute atomic E-state index is 11.7. The molecule has 0 radical (unpaired) electrons. The van der Waals surface area contributed by atoms with Gasteiger partial charge in [-0.1, -0.05) is 37.1 Å². The third-order valence-corrected chi connectivity index (χ3v) is 10.2. The molecule has 3 aliphatic rings. The molecule has 0 bridgehead atoms. The molecule has 5 rings (SSSR count). The lowest BCUT2D eigenvalue weighted by Gasteiger charge is -2.47. The van der Waals surface area contributed by atoms with E-state index in [4.69, 9.17) is 31.0 Å². The van der Waals surface area contributed by atoms with Crippen molar-refractivity contribution in [1.29, 1.82) is 0 Å². The fraction of sp³-hybridized carbons (Fsp3) is 0.611. The maximum atomic E-state index is 11.7. The van der Waals surface area contributed by atoms with Crippen LogP contribution in [0.15, 0.2) is 36.4 Å². The van der Waals surface area contributed by atoms with Gasteiger partial charge in [-0.25, -0.2) is 0 Å². The van der Waals surface area contributed by atoms with Gasteiger partial charge in [-0.15, -0.1) is 0 Å². The summed E-state index contributed by atoms with van der Waals surface area (Å²) in [5.74, 6) is 2.97. The van der Waals surface area contributed by atoms with Crippen LogP contribution in [0.25, 0.3) is 0 Å². The summed E-state index contributed by atoms with van der Waals surface area (Å²) in [6.45, 7) is 9.51. The summed E-state index contributed by atoms with van der Waals surface area (Å²) >= 11 is 6.42. The van der Waals surface area contributed by atoms with E-state index in [1.807, 2.05) is 37.1 Å². The van der Waals surface area contributed by atoms with Crippen molar-refractivity contribution in [3.63, 3.8) is 0 Å². The summed E-state index contributed by atoms with van der Waals surface area (Å²) in [5, 5.41) is 18.1. The third-order valence-electron chi connectivity index (χ3n) is 9.99. The molecule has 1 saturated carbocycles. The van der Waals surface area contributed by atoms with Crippen molar-refractivity contribution in [3.05, 3.63) is 58.1 Å². The molecule has 6 unspecified atom stereocenters. The van der Waals surface area contributed by atoms with E-state index in [0.717, 1.165) is 80.4 Å². The van der Waals surface area contributed by atoms with Crippen LogP contribution in [0.3, 0.4) is 0 Å². The van der Waals surface area contributed by atoms with Crippen molar-refractivity contribution in [1.82, 2.24) is 4.90 Å². The standard InChI is InChI=1S/C35H49ClN2O4.CH2O2/c1-5-6-27-18-30(36)9-11-31(27)29-21-38(33-19-26(23(2)39)8-12-34(33)42-22-29)20-28-7-10-32(28)35-17-25(14-16-41-35)13-15-37(4)24(3)40;2-1-3/h8-9,11-12,18-19,23,25,28-29,32,35,39H,5-7,10,13-17,20-22H2,1-4H3;1H,(H,2,3). The highest BCUT2D eigenvalue weighted by molar-refractivity contribution is 6.30. The number of aryl methyl sites for hydroxylation is 1. The highest BCUT2D eigenvalue weighted by Crippen LogP contribution is 2.45. The first kappa shape index (κ1) is 35.1. The van der Waals surface area contributed by atoms with Gasteiger partial charge >= 0.3 is 0 Å². The zero-order valence-corrected chi connectivity index (χ0v) is 28.0. The average Bonchev–Trinajstić information content (AvgIpc) is 3.18. The van der Waals surface area contributed by atoms with Gasteiger partial charge in [0, 0.05) is 51.2 Å². The molecule has 2 fully saturated rings. The zero-order valence-electron chi connectivity index (χ0n) is 27.3. The van der Waals surface area contributed by atoms with Gasteiger partial charge in [-0.3, -0.25) is 9.59 Å². The third kappa shape index (κ3) is 9.14. The predicted octanol–water partition coefficient (Wildman–Crippen LogP) is 6.72. The number of carbonyl (C=O) groups excluding carboxylic acids is 1. The van der Waals surface area contributed by atoms with Crippen LogP contribution in [0, 0.1) is 17.8 Å². The van der Waals surface area contributed by atoms with Gasteiger partial charge in [0.25, 0.3) is 6.47 Å². The molecule has 248 valence electrons. The molecule has 2 aromatic carbocycles. The Morgan fingerprint density at radius 3 is 2.64 bits per heavy atom. The Morgan fingerprint density at radius 1 is 1.20 bits per heavy atom. The van der Waals surface area contributed by atoms with E-state index >= 15 is 0 Å². The molecule has 0 aromatic heterocycles. The summed E-state index contributed by atoms with van der Waals surface area (Å²) in [5.41, 5.74) is 4.64. The van der Waals surface area contributed by atoms with Crippen LogP contribution in [0.1, 0.15) is 88.0 Å². The van der Waals surface area contributed by atoms with Crippen molar-refractivity contribution >= 4 is 29.7 Å². The number of halogens is 1. The minimum Gasteiger partial charge on any atom is -0.491 e. The number of fused-ring (bicyclic) bond motifs is 1. The summed E-state index contributed by atoms with van der Waals surface area (Å²) in [4.78, 5) is 24.4. The number of rotatable bonds is 10. The first-order chi connectivity index (χ1) is 21.6. The summed E-state index contributed by atoms with van der Waals surface area (Å²) in [7, 11) is 1.90. The van der Waals surface area contributed by atoms with Gasteiger partial charge in [0.2, 0.25) is 5.91 Å². The summed E-state index contributed by atoms with van der Waals surface area (Å²) in [6.07, 6.45) is 7.47. The SMILES string of the molecule is CCCc1cc(Cl)ccc1C1COc2ccc(C(C)O)cc2N(CC2CCC2C2CC(CCN(C)C(C)=O)CCO2)C1.O=CO. The van der Waals surface area contributed by atoms with E-state index in [-0.39, 0.29) is 18.3 Å². The van der Waals surface area contributed by atoms with Crippen LogP contribution in [-0.2, 0) is 20.7 Å². The normalized spacial score (nSPS) is 24.9. The number of hydrogen-bond donors (Lipinski definition) is 2. The smallest absolute Gasteiger partial charge is 0.290 e. The molecular formula is C36H51ClN2O6. The monoisotopic (exact) mass is 642 g/mol. The van der Waals surface area contributed by atoms with Crippen LogP contribution in [0.2, 0.25) is 5.02 Å². The van der Waals surface area contributed by atoms with Crippen molar-refractivity contribution in [2.75, 3.05) is 44.8 Å². The minimum atomic E-state index is -0.533. The number of carbonyl (C=O) groups is 2. The molecule has 2 aromatic rings.